The maximum absolute atomic E-state index is 12.4. The lowest BCUT2D eigenvalue weighted by Gasteiger charge is -2.07. The molecule has 0 aliphatic rings. The number of halogens is 4. The highest BCUT2D eigenvalue weighted by atomic mass is 127. The average Bonchev–Trinajstić information content (AvgIpc) is 2.09. The van der Waals surface area contributed by atoms with Crippen LogP contribution in [-0.2, 0) is 5.33 Å². The van der Waals surface area contributed by atoms with Crippen LogP contribution in [0.1, 0.15) is 23.4 Å². The minimum Gasteiger partial charge on any atom is -0.251 e. The van der Waals surface area contributed by atoms with E-state index in [1.54, 1.807) is 13.0 Å². The number of hydrogen-bond acceptors (Lipinski definition) is 1. The van der Waals surface area contributed by atoms with E-state index in [4.69, 9.17) is 0 Å². The van der Waals surface area contributed by atoms with Crippen molar-refractivity contribution in [3.8, 4) is 0 Å². The normalized spacial score (nSPS) is 10.9. The summed E-state index contributed by atoms with van der Waals surface area (Å²) in [7, 11) is 0. The van der Waals surface area contributed by atoms with Crippen molar-refractivity contribution in [3.05, 3.63) is 26.6 Å². The van der Waals surface area contributed by atoms with Crippen molar-refractivity contribution in [1.82, 2.24) is 4.98 Å². The highest BCUT2D eigenvalue weighted by molar-refractivity contribution is 14.1. The van der Waals surface area contributed by atoms with E-state index in [-0.39, 0.29) is 5.69 Å². The molecule has 0 spiro atoms. The van der Waals surface area contributed by atoms with Crippen molar-refractivity contribution in [1.29, 1.82) is 0 Å². The molecule has 0 aromatic carbocycles. The van der Waals surface area contributed by atoms with Crippen molar-refractivity contribution >= 4 is 38.5 Å². The molecule has 0 atom stereocenters. The predicted octanol–water partition coefficient (Wildman–Crippen LogP) is 3.83. The van der Waals surface area contributed by atoms with Gasteiger partial charge in [0.05, 0.1) is 5.69 Å². The van der Waals surface area contributed by atoms with Crippen molar-refractivity contribution in [2.45, 2.75) is 18.7 Å². The molecule has 1 aromatic heterocycles. The van der Waals surface area contributed by atoms with Gasteiger partial charge in [-0.2, -0.15) is 0 Å². The number of hydrogen-bond donors (Lipinski definition) is 0. The summed E-state index contributed by atoms with van der Waals surface area (Å²) in [6.45, 7) is 1.66. The number of pyridine rings is 1. The Kier molecular flexibility index (Phi) is 4.03. The van der Waals surface area contributed by atoms with Crippen molar-refractivity contribution in [2.75, 3.05) is 0 Å². The van der Waals surface area contributed by atoms with Crippen LogP contribution in [0.25, 0.3) is 0 Å². The van der Waals surface area contributed by atoms with Gasteiger partial charge in [0, 0.05) is 8.90 Å². The van der Waals surface area contributed by atoms with Crippen LogP contribution < -0.4 is 0 Å². The summed E-state index contributed by atoms with van der Waals surface area (Å²) in [4.78, 5) is 3.85. The number of nitrogens with zero attached hydrogens (tertiary/aromatic N) is 1. The summed E-state index contributed by atoms with van der Waals surface area (Å²) < 4.78 is 25.7. The Labute approximate surface area is 97.2 Å². The van der Waals surface area contributed by atoms with Crippen molar-refractivity contribution in [2.24, 2.45) is 0 Å². The summed E-state index contributed by atoms with van der Waals surface area (Å²) in [5.41, 5.74) is 1.10. The summed E-state index contributed by atoms with van der Waals surface area (Å²) in [5.74, 6) is 0. The first kappa shape index (κ1) is 11.3. The summed E-state index contributed by atoms with van der Waals surface area (Å²) in [5, 5.41) is 0.503. The van der Waals surface area contributed by atoms with Crippen LogP contribution in [-0.4, -0.2) is 4.98 Å². The van der Waals surface area contributed by atoms with Gasteiger partial charge >= 0.3 is 0 Å². The zero-order valence-corrected chi connectivity index (χ0v) is 10.6. The molecule has 5 heteroatoms. The Morgan fingerprint density at radius 2 is 2.23 bits per heavy atom. The number of alkyl halides is 3. The Bertz CT molecular complexity index is 317. The SMILES string of the molecule is Cc1c(I)cc(CBr)nc1C(F)F. The summed E-state index contributed by atoms with van der Waals surface area (Å²) in [6.07, 6.45) is -2.49. The highest BCUT2D eigenvalue weighted by Crippen LogP contribution is 2.25. The van der Waals surface area contributed by atoms with E-state index in [1.807, 2.05) is 22.6 Å². The monoisotopic (exact) mass is 361 g/mol. The first-order valence-corrected chi connectivity index (χ1v) is 5.76. The molecule has 0 saturated carbocycles. The Hall–Kier alpha value is 0.220. The molecule has 0 N–H and O–H groups in total. The first-order valence-electron chi connectivity index (χ1n) is 3.56. The van der Waals surface area contributed by atoms with Crippen LogP contribution in [0.4, 0.5) is 8.78 Å². The fraction of sp³-hybridized carbons (Fsp3) is 0.375. The minimum absolute atomic E-state index is 0.110. The molecule has 0 amide bonds. The number of aromatic nitrogens is 1. The maximum Gasteiger partial charge on any atom is 0.280 e. The smallest absolute Gasteiger partial charge is 0.251 e. The van der Waals surface area contributed by atoms with Crippen LogP contribution in [0.5, 0.6) is 0 Å². The van der Waals surface area contributed by atoms with Crippen LogP contribution >= 0.6 is 38.5 Å². The molecule has 0 saturated heterocycles. The largest absolute Gasteiger partial charge is 0.280 e. The van der Waals surface area contributed by atoms with E-state index >= 15 is 0 Å². The molecule has 72 valence electrons. The molecule has 0 radical (unpaired) electrons. The highest BCUT2D eigenvalue weighted by Gasteiger charge is 2.15. The molecule has 13 heavy (non-hydrogen) atoms. The van der Waals surface area contributed by atoms with Crippen molar-refractivity contribution < 1.29 is 8.78 Å². The van der Waals surface area contributed by atoms with Gasteiger partial charge in [0.1, 0.15) is 5.69 Å². The molecule has 0 unspecified atom stereocenters. The topological polar surface area (TPSA) is 12.9 Å². The molecule has 0 fully saturated rings. The van der Waals surface area contributed by atoms with E-state index in [2.05, 4.69) is 20.9 Å². The van der Waals surface area contributed by atoms with E-state index < -0.39 is 6.43 Å². The maximum atomic E-state index is 12.4. The predicted molar refractivity (Wildman–Crippen MR) is 59.3 cm³/mol. The molecular formula is C8H7BrF2IN. The first-order chi connectivity index (χ1) is 6.06. The zero-order chi connectivity index (χ0) is 10.0. The van der Waals surface area contributed by atoms with Crippen LogP contribution in [0, 0.1) is 10.5 Å². The second-order valence-electron chi connectivity index (χ2n) is 2.54. The Morgan fingerprint density at radius 1 is 1.62 bits per heavy atom. The lowest BCUT2D eigenvalue weighted by Crippen LogP contribution is -2.00. The third-order valence-electron chi connectivity index (χ3n) is 1.64. The van der Waals surface area contributed by atoms with Gasteiger partial charge in [-0.1, -0.05) is 15.9 Å². The van der Waals surface area contributed by atoms with Gasteiger partial charge in [0.25, 0.3) is 6.43 Å². The number of rotatable bonds is 2. The summed E-state index contributed by atoms with van der Waals surface area (Å²) in [6, 6.07) is 1.80. The summed E-state index contributed by atoms with van der Waals surface area (Å²) >= 11 is 5.23. The lowest BCUT2D eigenvalue weighted by atomic mass is 10.2. The molecule has 1 heterocycles. The van der Waals surface area contributed by atoms with Gasteiger partial charge in [-0.25, -0.2) is 8.78 Å². The van der Waals surface area contributed by atoms with E-state index in [9.17, 15) is 8.78 Å². The van der Waals surface area contributed by atoms with Crippen LogP contribution in [0.3, 0.4) is 0 Å². The van der Waals surface area contributed by atoms with Gasteiger partial charge in [-0.3, -0.25) is 4.98 Å². The molecule has 0 aliphatic heterocycles. The molecule has 0 bridgehead atoms. The molecule has 0 aliphatic carbocycles. The van der Waals surface area contributed by atoms with Gasteiger partial charge < -0.3 is 0 Å². The second kappa shape index (κ2) is 4.63. The molecular weight excluding hydrogens is 355 g/mol. The zero-order valence-electron chi connectivity index (χ0n) is 6.82. The van der Waals surface area contributed by atoms with Gasteiger partial charge in [0.15, 0.2) is 0 Å². The Balaban J connectivity index is 3.25. The minimum atomic E-state index is -2.49. The molecule has 1 aromatic rings. The van der Waals surface area contributed by atoms with Gasteiger partial charge in [-0.15, -0.1) is 0 Å². The third kappa shape index (κ3) is 2.59. The van der Waals surface area contributed by atoms with Crippen LogP contribution in [0.15, 0.2) is 6.07 Å². The standard InChI is InChI=1S/C8H7BrF2IN/c1-4-6(12)2-5(3-9)13-7(4)8(10)11/h2,8H,3H2,1H3. The van der Waals surface area contributed by atoms with E-state index in [1.165, 1.54) is 0 Å². The van der Waals surface area contributed by atoms with E-state index in [0.29, 0.717) is 16.6 Å². The second-order valence-corrected chi connectivity index (χ2v) is 4.26. The molecule has 1 nitrogen and oxygen atoms in total. The quantitative estimate of drug-likeness (QED) is 0.576. The lowest BCUT2D eigenvalue weighted by molar-refractivity contribution is 0.145. The van der Waals surface area contributed by atoms with E-state index in [0.717, 1.165) is 3.57 Å². The van der Waals surface area contributed by atoms with Crippen LogP contribution in [0.2, 0.25) is 0 Å². The molecule has 1 rings (SSSR count). The Morgan fingerprint density at radius 3 is 2.69 bits per heavy atom. The average molecular weight is 362 g/mol. The van der Waals surface area contributed by atoms with Gasteiger partial charge in [-0.05, 0) is 41.1 Å². The fourth-order valence-corrected chi connectivity index (χ4v) is 1.85. The van der Waals surface area contributed by atoms with Crippen molar-refractivity contribution in [3.63, 3.8) is 0 Å². The third-order valence-corrected chi connectivity index (χ3v) is 3.34. The van der Waals surface area contributed by atoms with Gasteiger partial charge in [0.2, 0.25) is 0 Å². The fourth-order valence-electron chi connectivity index (χ4n) is 0.929.